The first-order chi connectivity index (χ1) is 16.7. The smallest absolute Gasteiger partial charge is 0.435 e. The van der Waals surface area contributed by atoms with Crippen LogP contribution in [0.1, 0.15) is 45.8 Å². The van der Waals surface area contributed by atoms with Crippen molar-refractivity contribution >= 4 is 21.3 Å². The van der Waals surface area contributed by atoms with Gasteiger partial charge in [-0.2, -0.15) is 13.2 Å². The number of ether oxygens (including phenoxy) is 1. The number of carbonyl (C=O) groups excluding carboxylic acids is 1. The molecule has 3 N–H and O–H groups in total. The van der Waals surface area contributed by atoms with Crippen LogP contribution in [-0.2, 0) is 21.5 Å². The summed E-state index contributed by atoms with van der Waals surface area (Å²) >= 11 is 0. The third-order valence-corrected chi connectivity index (χ3v) is 6.82. The van der Waals surface area contributed by atoms with Gasteiger partial charge in [0, 0.05) is 16.8 Å². The van der Waals surface area contributed by atoms with Gasteiger partial charge in [0.05, 0.1) is 21.1 Å². The van der Waals surface area contributed by atoms with E-state index in [0.717, 1.165) is 6.92 Å². The van der Waals surface area contributed by atoms with E-state index in [1.54, 1.807) is 6.92 Å². The molecular weight excluding hydrogens is 499 g/mol. The zero-order chi connectivity index (χ0) is 26.5. The molecule has 0 bridgehead atoms. The standard InChI is InChI=1S/C23H22F3N5O4S/c1-12-18(20(32)29-14-5-4-6-15(11-14)36(3,27)34)21(31-30-19(12)23(24,25)26)35-16-7-8-17(28-13(16)2)22(33)9-10-22/h4-8,11,27,33H,9-10H2,1-3H3,(H,29,32). The van der Waals surface area contributed by atoms with Gasteiger partial charge in [0.2, 0.25) is 0 Å². The molecule has 1 amide bonds. The number of aryl methyl sites for hydroxylation is 1. The van der Waals surface area contributed by atoms with Crippen LogP contribution in [-0.4, -0.2) is 36.7 Å². The van der Waals surface area contributed by atoms with Crippen molar-refractivity contribution in [2.75, 3.05) is 11.6 Å². The molecule has 0 spiro atoms. The lowest BCUT2D eigenvalue weighted by Gasteiger charge is -2.17. The summed E-state index contributed by atoms with van der Waals surface area (Å²) in [7, 11) is -3.10. The fraction of sp³-hybridized carbons (Fsp3) is 0.304. The molecule has 13 heteroatoms. The highest BCUT2D eigenvalue weighted by atomic mass is 32.2. The first-order valence-electron chi connectivity index (χ1n) is 10.7. The normalized spacial score (nSPS) is 16.2. The number of alkyl halides is 3. The first-order valence-corrected chi connectivity index (χ1v) is 12.6. The van der Waals surface area contributed by atoms with E-state index in [0.29, 0.717) is 24.2 Å². The summed E-state index contributed by atoms with van der Waals surface area (Å²) in [6.07, 6.45) is -2.53. The highest BCUT2D eigenvalue weighted by Gasteiger charge is 2.44. The molecule has 0 aliphatic heterocycles. The highest BCUT2D eigenvalue weighted by molar-refractivity contribution is 7.91. The van der Waals surface area contributed by atoms with Gasteiger partial charge in [-0.05, 0) is 62.6 Å². The van der Waals surface area contributed by atoms with Crippen molar-refractivity contribution in [3.05, 3.63) is 64.6 Å². The van der Waals surface area contributed by atoms with Gasteiger partial charge >= 0.3 is 6.18 Å². The summed E-state index contributed by atoms with van der Waals surface area (Å²) in [4.78, 5) is 17.6. The number of hydrogen-bond acceptors (Lipinski definition) is 8. The van der Waals surface area contributed by atoms with Gasteiger partial charge < -0.3 is 15.2 Å². The number of rotatable bonds is 6. The number of aromatic nitrogens is 3. The van der Waals surface area contributed by atoms with Crippen LogP contribution in [0.3, 0.4) is 0 Å². The quantitative estimate of drug-likeness (QED) is 0.432. The monoisotopic (exact) mass is 521 g/mol. The topological polar surface area (TPSA) is 138 Å². The highest BCUT2D eigenvalue weighted by Crippen LogP contribution is 2.45. The van der Waals surface area contributed by atoms with Crippen LogP contribution in [0.15, 0.2) is 41.3 Å². The minimum absolute atomic E-state index is 0.118. The van der Waals surface area contributed by atoms with Crippen molar-refractivity contribution in [3.8, 4) is 11.6 Å². The maximum Gasteiger partial charge on any atom is 0.435 e. The van der Waals surface area contributed by atoms with Crippen LogP contribution >= 0.6 is 0 Å². The Balaban J connectivity index is 1.73. The first kappa shape index (κ1) is 25.5. The Morgan fingerprint density at radius 3 is 2.47 bits per heavy atom. The van der Waals surface area contributed by atoms with Crippen LogP contribution in [0, 0.1) is 18.6 Å². The average molecular weight is 522 g/mol. The van der Waals surface area contributed by atoms with Crippen LogP contribution in [0.2, 0.25) is 0 Å². The van der Waals surface area contributed by atoms with Gasteiger partial charge in [0.15, 0.2) is 11.4 Å². The summed E-state index contributed by atoms with van der Waals surface area (Å²) in [5, 5.41) is 19.5. The van der Waals surface area contributed by atoms with Gasteiger partial charge in [-0.25, -0.2) is 8.99 Å². The molecule has 1 aliphatic rings. The third-order valence-electron chi connectivity index (χ3n) is 5.67. The Bertz CT molecular complexity index is 1470. The second-order valence-electron chi connectivity index (χ2n) is 8.59. The number of nitrogens with zero attached hydrogens (tertiary/aromatic N) is 3. The van der Waals surface area contributed by atoms with Gasteiger partial charge in [-0.1, -0.05) is 6.07 Å². The molecule has 3 aromatic rings. The number of nitrogens with one attached hydrogen (secondary N) is 2. The molecule has 1 fully saturated rings. The molecule has 1 saturated carbocycles. The minimum atomic E-state index is -4.87. The molecule has 36 heavy (non-hydrogen) atoms. The van der Waals surface area contributed by atoms with Gasteiger partial charge in [0.1, 0.15) is 11.2 Å². The molecule has 1 atom stereocenters. The predicted molar refractivity (Wildman–Crippen MR) is 123 cm³/mol. The number of anilines is 1. The van der Waals surface area contributed by atoms with Crippen molar-refractivity contribution in [2.24, 2.45) is 0 Å². The van der Waals surface area contributed by atoms with Gasteiger partial charge in [-0.3, -0.25) is 9.78 Å². The van der Waals surface area contributed by atoms with E-state index in [1.807, 2.05) is 0 Å². The Labute approximate surface area is 204 Å². The lowest BCUT2D eigenvalue weighted by atomic mass is 10.1. The molecule has 190 valence electrons. The zero-order valence-electron chi connectivity index (χ0n) is 19.4. The number of halogens is 3. The molecule has 4 rings (SSSR count). The van der Waals surface area contributed by atoms with E-state index in [1.165, 1.54) is 42.7 Å². The Morgan fingerprint density at radius 2 is 1.89 bits per heavy atom. The molecule has 2 heterocycles. The summed E-state index contributed by atoms with van der Waals surface area (Å²) in [6.45, 7) is 2.67. The average Bonchev–Trinajstić information content (AvgIpc) is 3.52. The van der Waals surface area contributed by atoms with E-state index >= 15 is 0 Å². The number of hydrogen-bond donors (Lipinski definition) is 3. The summed E-state index contributed by atoms with van der Waals surface area (Å²) in [5.74, 6) is -1.33. The number of benzene rings is 1. The zero-order valence-corrected chi connectivity index (χ0v) is 20.3. The summed E-state index contributed by atoms with van der Waals surface area (Å²) in [5.41, 5.74) is -2.45. The second-order valence-corrected chi connectivity index (χ2v) is 10.7. The summed E-state index contributed by atoms with van der Waals surface area (Å²) < 4.78 is 66.0. The van der Waals surface area contributed by atoms with Crippen molar-refractivity contribution in [1.82, 2.24) is 15.2 Å². The van der Waals surface area contributed by atoms with Crippen LogP contribution in [0.5, 0.6) is 11.6 Å². The van der Waals surface area contributed by atoms with E-state index in [4.69, 9.17) is 9.52 Å². The van der Waals surface area contributed by atoms with E-state index in [2.05, 4.69) is 20.5 Å². The van der Waals surface area contributed by atoms with Crippen LogP contribution in [0.4, 0.5) is 18.9 Å². The second kappa shape index (κ2) is 8.82. The molecule has 2 aromatic heterocycles. The van der Waals surface area contributed by atoms with Crippen molar-refractivity contribution in [2.45, 2.75) is 43.4 Å². The predicted octanol–water partition coefficient (Wildman–Crippen LogP) is 4.57. The van der Waals surface area contributed by atoms with Gasteiger partial charge in [-0.15, -0.1) is 10.2 Å². The van der Waals surface area contributed by atoms with E-state index in [9.17, 15) is 27.3 Å². The fourth-order valence-corrected chi connectivity index (χ4v) is 4.20. The number of carbonyl (C=O) groups is 1. The number of amides is 1. The van der Waals surface area contributed by atoms with E-state index in [-0.39, 0.29) is 16.3 Å². The SMILES string of the molecule is Cc1nc(C2(O)CC2)ccc1Oc1nnc(C(F)(F)F)c(C)c1C(=O)Nc1cccc(S(C)(=N)=O)c1. The summed E-state index contributed by atoms with van der Waals surface area (Å²) in [6, 6.07) is 8.67. The molecule has 1 aromatic carbocycles. The minimum Gasteiger partial charge on any atom is -0.435 e. The maximum absolute atomic E-state index is 13.5. The molecule has 0 saturated heterocycles. The maximum atomic E-state index is 13.5. The van der Waals surface area contributed by atoms with Crippen LogP contribution < -0.4 is 10.1 Å². The van der Waals surface area contributed by atoms with Crippen molar-refractivity contribution in [3.63, 3.8) is 0 Å². The van der Waals surface area contributed by atoms with E-state index < -0.39 is 50.1 Å². The molecule has 1 aliphatic carbocycles. The van der Waals surface area contributed by atoms with Gasteiger partial charge in [0.25, 0.3) is 11.8 Å². The third kappa shape index (κ3) is 5.16. The lowest BCUT2D eigenvalue weighted by Crippen LogP contribution is -2.21. The van der Waals surface area contributed by atoms with Crippen molar-refractivity contribution < 1.29 is 32.0 Å². The van der Waals surface area contributed by atoms with Crippen molar-refractivity contribution in [1.29, 1.82) is 4.78 Å². The Morgan fingerprint density at radius 1 is 1.19 bits per heavy atom. The molecular formula is C23H22F3N5O4S. The Kier molecular flexibility index (Phi) is 6.25. The molecule has 1 unspecified atom stereocenters. The largest absolute Gasteiger partial charge is 0.435 e. The van der Waals surface area contributed by atoms with Crippen LogP contribution in [0.25, 0.3) is 0 Å². The number of aliphatic hydroxyl groups is 1. The lowest BCUT2D eigenvalue weighted by molar-refractivity contribution is -0.142. The Hall–Kier alpha value is -3.58. The number of pyridine rings is 1. The molecule has 0 radical (unpaired) electrons. The molecule has 9 nitrogen and oxygen atoms in total. The fourth-order valence-electron chi connectivity index (χ4n) is 3.51.